The van der Waals surface area contributed by atoms with Crippen molar-refractivity contribution in [1.82, 2.24) is 0 Å². The van der Waals surface area contributed by atoms with E-state index in [1.807, 2.05) is 0 Å². The van der Waals surface area contributed by atoms with Gasteiger partial charge < -0.3 is 37.9 Å². The van der Waals surface area contributed by atoms with Gasteiger partial charge in [0.15, 0.2) is 6.10 Å². The summed E-state index contributed by atoms with van der Waals surface area (Å²) < 4.78 is 41.2. The summed E-state index contributed by atoms with van der Waals surface area (Å²) in [5.74, 6) is -2.96. The molecule has 12 nitrogen and oxygen atoms in total. The van der Waals surface area contributed by atoms with Crippen LogP contribution < -0.4 is 4.74 Å². The summed E-state index contributed by atoms with van der Waals surface area (Å²) in [6.07, 6.45) is -3.46. The highest BCUT2D eigenvalue weighted by atomic mass is 16.6. The molecule has 2 aromatic rings. The molecule has 2 unspecified atom stereocenters. The Labute approximate surface area is 254 Å². The van der Waals surface area contributed by atoms with Crippen LogP contribution in [0.2, 0.25) is 0 Å². The highest BCUT2D eigenvalue weighted by Crippen LogP contribution is 2.69. The molecule has 1 N–H and O–H groups in total. The van der Waals surface area contributed by atoms with Crippen LogP contribution in [0.15, 0.2) is 47.1 Å². The molecule has 2 saturated carbocycles. The van der Waals surface area contributed by atoms with Crippen molar-refractivity contribution in [3.63, 3.8) is 0 Å². The van der Waals surface area contributed by atoms with E-state index in [1.165, 1.54) is 46.3 Å². The number of benzene rings is 1. The lowest BCUT2D eigenvalue weighted by atomic mass is 9.47. The van der Waals surface area contributed by atoms with Crippen molar-refractivity contribution >= 4 is 23.9 Å². The molecular weight excluding hydrogens is 576 g/mol. The summed E-state index contributed by atoms with van der Waals surface area (Å²) in [5, 5.41) is 12.4. The molecule has 3 aliphatic rings. The number of carbonyl (C=O) groups excluding carboxylic acids is 4. The van der Waals surface area contributed by atoms with E-state index < -0.39 is 76.4 Å². The summed E-state index contributed by atoms with van der Waals surface area (Å²) in [7, 11) is 1.51. The lowest BCUT2D eigenvalue weighted by Gasteiger charge is -2.65. The number of hydrogen-bond donors (Lipinski definition) is 1. The Morgan fingerprint density at radius 3 is 2.09 bits per heavy atom. The molecule has 3 fully saturated rings. The summed E-state index contributed by atoms with van der Waals surface area (Å²) in [5.41, 5.74) is -6.11. The number of furan rings is 1. The first-order chi connectivity index (χ1) is 20.6. The minimum absolute atomic E-state index is 0.0635. The number of esters is 4. The third kappa shape index (κ3) is 4.84. The van der Waals surface area contributed by atoms with Crippen molar-refractivity contribution in [2.75, 3.05) is 7.11 Å². The Balaban J connectivity index is 1.68. The quantitative estimate of drug-likeness (QED) is 0.357. The standard InChI is InChI=1S/C32H38O12/c1-17(33)40-23-16-30(5,37)32-25(43-27(35)19-10-12-20(38-7)13-11-19)21(29(3,4)44-32)15-24(31(32,6)26(23)41-18(2)34)42-28(36)22-9-8-14-39-22/h8-14,21,23-26,37H,15-16H2,1-7H3/t21?,23-,24-,25+,26-,30-,31+,32?/m0/s1. The van der Waals surface area contributed by atoms with Crippen LogP contribution in [0.1, 0.15) is 75.3 Å². The summed E-state index contributed by atoms with van der Waals surface area (Å²) >= 11 is 0. The topological polar surface area (TPSA) is 157 Å². The molecule has 0 radical (unpaired) electrons. The van der Waals surface area contributed by atoms with Crippen LogP contribution in [-0.2, 0) is 33.3 Å². The highest BCUT2D eigenvalue weighted by molar-refractivity contribution is 5.90. The minimum Gasteiger partial charge on any atom is -0.497 e. The zero-order chi connectivity index (χ0) is 32.2. The third-order valence-corrected chi connectivity index (χ3v) is 9.49. The number of methoxy groups -OCH3 is 1. The van der Waals surface area contributed by atoms with Crippen molar-refractivity contribution in [3.8, 4) is 5.75 Å². The van der Waals surface area contributed by atoms with E-state index in [0.717, 1.165) is 0 Å². The first-order valence-electron chi connectivity index (χ1n) is 14.4. The fraction of sp³-hybridized carbons (Fsp3) is 0.562. The fourth-order valence-corrected chi connectivity index (χ4v) is 7.68. The van der Waals surface area contributed by atoms with Gasteiger partial charge in [-0.2, -0.15) is 0 Å². The maximum absolute atomic E-state index is 13.7. The fourth-order valence-electron chi connectivity index (χ4n) is 7.68. The molecule has 2 bridgehead atoms. The number of fused-ring (bicyclic) bond motifs is 1. The molecule has 1 spiro atoms. The zero-order valence-electron chi connectivity index (χ0n) is 25.8. The van der Waals surface area contributed by atoms with Crippen LogP contribution in [0.25, 0.3) is 0 Å². The van der Waals surface area contributed by atoms with E-state index >= 15 is 0 Å². The molecule has 1 aromatic carbocycles. The van der Waals surface area contributed by atoms with Gasteiger partial charge in [0.1, 0.15) is 29.7 Å². The van der Waals surface area contributed by atoms with Crippen LogP contribution in [-0.4, -0.2) is 77.3 Å². The lowest BCUT2D eigenvalue weighted by Crippen LogP contribution is -2.81. The predicted molar refractivity (Wildman–Crippen MR) is 151 cm³/mol. The van der Waals surface area contributed by atoms with Crippen molar-refractivity contribution in [3.05, 3.63) is 54.0 Å². The van der Waals surface area contributed by atoms with E-state index in [1.54, 1.807) is 45.0 Å². The second-order valence-corrected chi connectivity index (χ2v) is 12.6. The van der Waals surface area contributed by atoms with E-state index in [-0.39, 0.29) is 24.2 Å². The molecule has 2 aliphatic carbocycles. The van der Waals surface area contributed by atoms with Gasteiger partial charge in [0, 0.05) is 26.2 Å². The first kappa shape index (κ1) is 31.5. The molecule has 1 saturated heterocycles. The van der Waals surface area contributed by atoms with Gasteiger partial charge in [0.05, 0.1) is 35.6 Å². The van der Waals surface area contributed by atoms with Crippen molar-refractivity contribution in [2.45, 2.75) is 95.6 Å². The van der Waals surface area contributed by atoms with Crippen molar-refractivity contribution < 1.29 is 57.1 Å². The molecule has 5 rings (SSSR count). The van der Waals surface area contributed by atoms with Crippen LogP contribution in [0.4, 0.5) is 0 Å². The average molecular weight is 615 g/mol. The van der Waals surface area contributed by atoms with Gasteiger partial charge in [0.2, 0.25) is 5.76 Å². The second kappa shape index (κ2) is 10.9. The molecule has 0 amide bonds. The van der Waals surface area contributed by atoms with Gasteiger partial charge in [-0.25, -0.2) is 9.59 Å². The SMILES string of the molecule is COc1ccc(C(=O)O[C@@H]2C3C[C@H](OC(=O)c4ccco4)[C@]4(C)[C@@H](OC(C)=O)[C@@H](OC(C)=O)C[C@](C)(O)C24OC3(C)C)cc1. The molecule has 238 valence electrons. The first-order valence-corrected chi connectivity index (χ1v) is 14.4. The molecule has 2 heterocycles. The number of rotatable bonds is 7. The van der Waals surface area contributed by atoms with E-state index in [4.69, 9.17) is 32.8 Å². The Morgan fingerprint density at radius 1 is 0.864 bits per heavy atom. The number of ether oxygens (including phenoxy) is 6. The van der Waals surface area contributed by atoms with Crippen LogP contribution in [0.3, 0.4) is 0 Å². The van der Waals surface area contributed by atoms with Crippen LogP contribution in [0.5, 0.6) is 5.75 Å². The molecule has 1 aliphatic heterocycles. The van der Waals surface area contributed by atoms with E-state index in [9.17, 15) is 24.3 Å². The summed E-state index contributed by atoms with van der Waals surface area (Å²) in [6.45, 7) is 9.13. The van der Waals surface area contributed by atoms with Gasteiger partial charge in [-0.15, -0.1) is 0 Å². The predicted octanol–water partition coefficient (Wildman–Crippen LogP) is 3.63. The lowest BCUT2D eigenvalue weighted by molar-refractivity contribution is -0.343. The van der Waals surface area contributed by atoms with E-state index in [0.29, 0.717) is 5.75 Å². The Bertz CT molecular complexity index is 1430. The Morgan fingerprint density at radius 2 is 1.52 bits per heavy atom. The highest BCUT2D eigenvalue weighted by Gasteiger charge is 2.84. The van der Waals surface area contributed by atoms with Crippen molar-refractivity contribution in [2.24, 2.45) is 11.3 Å². The Kier molecular flexibility index (Phi) is 7.82. The van der Waals surface area contributed by atoms with Gasteiger partial charge in [-0.05, 0) is 70.5 Å². The Hall–Kier alpha value is -3.90. The third-order valence-electron chi connectivity index (χ3n) is 9.49. The second-order valence-electron chi connectivity index (χ2n) is 12.6. The van der Waals surface area contributed by atoms with Gasteiger partial charge in [-0.1, -0.05) is 0 Å². The van der Waals surface area contributed by atoms with E-state index in [2.05, 4.69) is 0 Å². The monoisotopic (exact) mass is 614 g/mol. The minimum atomic E-state index is -1.87. The molecule has 8 atom stereocenters. The van der Waals surface area contributed by atoms with Crippen LogP contribution >= 0.6 is 0 Å². The number of carbonyl (C=O) groups is 4. The van der Waals surface area contributed by atoms with Crippen molar-refractivity contribution in [1.29, 1.82) is 0 Å². The molecule has 1 aromatic heterocycles. The largest absolute Gasteiger partial charge is 0.497 e. The number of hydrogen-bond acceptors (Lipinski definition) is 12. The zero-order valence-corrected chi connectivity index (χ0v) is 25.8. The number of aliphatic hydroxyl groups is 1. The summed E-state index contributed by atoms with van der Waals surface area (Å²) in [4.78, 5) is 51.8. The van der Waals surface area contributed by atoms with Gasteiger partial charge >= 0.3 is 23.9 Å². The molecule has 12 heteroatoms. The normalized spacial score (nSPS) is 35.1. The molecule has 44 heavy (non-hydrogen) atoms. The maximum atomic E-state index is 13.7. The average Bonchev–Trinajstić information content (AvgIpc) is 3.54. The molecular formula is C32H38O12. The summed E-state index contributed by atoms with van der Waals surface area (Å²) in [6, 6.07) is 9.34. The van der Waals surface area contributed by atoms with Gasteiger partial charge in [0.25, 0.3) is 0 Å². The maximum Gasteiger partial charge on any atom is 0.374 e. The smallest absolute Gasteiger partial charge is 0.374 e. The van der Waals surface area contributed by atoms with Gasteiger partial charge in [-0.3, -0.25) is 9.59 Å². The van der Waals surface area contributed by atoms with Crippen LogP contribution in [0, 0.1) is 11.3 Å².